The number of rotatable bonds is 7. The van der Waals surface area contributed by atoms with Gasteiger partial charge in [0.05, 0.1) is 12.8 Å². The lowest BCUT2D eigenvalue weighted by Crippen LogP contribution is -2.30. The second kappa shape index (κ2) is 7.87. The molecule has 0 bridgehead atoms. The first kappa shape index (κ1) is 14.0. The molecule has 1 aliphatic heterocycles. The molecule has 1 N–H and O–H groups in total. The van der Waals surface area contributed by atoms with Crippen LogP contribution in [0.4, 0.5) is 0 Å². The van der Waals surface area contributed by atoms with Crippen molar-refractivity contribution in [1.82, 2.24) is 10.2 Å². The van der Waals surface area contributed by atoms with Gasteiger partial charge in [0.25, 0.3) is 0 Å². The first-order chi connectivity index (χ1) is 8.88. The van der Waals surface area contributed by atoms with Crippen molar-refractivity contribution in [1.29, 1.82) is 0 Å². The number of nitrogens with zero attached hydrogens (tertiary/aromatic N) is 1. The van der Waals surface area contributed by atoms with E-state index in [0.717, 1.165) is 30.6 Å². The van der Waals surface area contributed by atoms with E-state index in [1.165, 1.54) is 31.7 Å². The van der Waals surface area contributed by atoms with Crippen LogP contribution in [-0.4, -0.2) is 42.1 Å². The Balaban J connectivity index is 1.64. The molecule has 4 heteroatoms. The van der Waals surface area contributed by atoms with Crippen LogP contribution < -0.4 is 5.32 Å². The van der Waals surface area contributed by atoms with Crippen LogP contribution in [0.3, 0.4) is 0 Å². The Kier molecular flexibility index (Phi) is 6.11. The fourth-order valence-electron chi connectivity index (χ4n) is 2.28. The van der Waals surface area contributed by atoms with Gasteiger partial charge in [0.1, 0.15) is 5.76 Å². The normalized spacial score (nSPS) is 17.4. The van der Waals surface area contributed by atoms with Crippen molar-refractivity contribution in [3.05, 3.63) is 24.2 Å². The Labute approximate surface area is 114 Å². The van der Waals surface area contributed by atoms with Crippen LogP contribution in [0.2, 0.25) is 0 Å². The van der Waals surface area contributed by atoms with E-state index in [1.54, 1.807) is 6.26 Å². The van der Waals surface area contributed by atoms with Gasteiger partial charge >= 0.3 is 0 Å². The molecule has 102 valence electrons. The second-order valence-corrected chi connectivity index (χ2v) is 6.18. The van der Waals surface area contributed by atoms with Gasteiger partial charge in [0, 0.05) is 17.5 Å². The van der Waals surface area contributed by atoms with Gasteiger partial charge < -0.3 is 9.73 Å². The average Bonchev–Trinajstić information content (AvgIpc) is 2.92. The molecule has 2 rings (SSSR count). The molecule has 1 saturated heterocycles. The number of thioether (sulfide) groups is 1. The minimum Gasteiger partial charge on any atom is -0.468 e. The predicted octanol–water partition coefficient (Wildman–Crippen LogP) is 2.59. The topological polar surface area (TPSA) is 28.4 Å². The Hall–Kier alpha value is -0.450. The standard InChI is InChI=1S/C14H24N2OS/c1-2-16(12-13-4-3-10-17-13)9-11-18-14-5-7-15-8-6-14/h3-4,10,14-15H,2,5-9,11-12H2,1H3. The molecule has 0 amide bonds. The van der Waals surface area contributed by atoms with Crippen LogP contribution in [0.15, 0.2) is 22.8 Å². The summed E-state index contributed by atoms with van der Waals surface area (Å²) in [7, 11) is 0. The van der Waals surface area contributed by atoms with Crippen molar-refractivity contribution in [2.24, 2.45) is 0 Å². The molecule has 0 unspecified atom stereocenters. The maximum Gasteiger partial charge on any atom is 0.117 e. The van der Waals surface area contributed by atoms with Crippen molar-refractivity contribution < 1.29 is 4.42 Å². The minimum absolute atomic E-state index is 0.869. The van der Waals surface area contributed by atoms with E-state index < -0.39 is 0 Å². The summed E-state index contributed by atoms with van der Waals surface area (Å²) in [5.74, 6) is 2.31. The van der Waals surface area contributed by atoms with Gasteiger partial charge in [0.15, 0.2) is 0 Å². The Morgan fingerprint density at radius 2 is 2.28 bits per heavy atom. The molecule has 18 heavy (non-hydrogen) atoms. The number of nitrogens with one attached hydrogen (secondary N) is 1. The van der Waals surface area contributed by atoms with Gasteiger partial charge in [-0.2, -0.15) is 11.8 Å². The van der Waals surface area contributed by atoms with Crippen LogP contribution in [0.5, 0.6) is 0 Å². The number of hydrogen-bond donors (Lipinski definition) is 1. The Morgan fingerprint density at radius 3 is 2.94 bits per heavy atom. The van der Waals surface area contributed by atoms with Gasteiger partial charge in [-0.05, 0) is 44.6 Å². The van der Waals surface area contributed by atoms with Crippen LogP contribution in [-0.2, 0) is 6.54 Å². The number of hydrogen-bond acceptors (Lipinski definition) is 4. The smallest absolute Gasteiger partial charge is 0.117 e. The summed E-state index contributed by atoms with van der Waals surface area (Å²) >= 11 is 2.14. The third-order valence-electron chi connectivity index (χ3n) is 3.45. The van der Waals surface area contributed by atoms with Gasteiger partial charge in [-0.1, -0.05) is 6.92 Å². The highest BCUT2D eigenvalue weighted by Crippen LogP contribution is 2.20. The molecule has 0 spiro atoms. The summed E-state index contributed by atoms with van der Waals surface area (Å²) in [6.07, 6.45) is 4.41. The lowest BCUT2D eigenvalue weighted by Gasteiger charge is -2.24. The largest absolute Gasteiger partial charge is 0.468 e. The molecular formula is C14H24N2OS. The molecule has 0 radical (unpaired) electrons. The van der Waals surface area contributed by atoms with Crippen molar-refractivity contribution in [3.8, 4) is 0 Å². The molecule has 0 aromatic carbocycles. The highest BCUT2D eigenvalue weighted by molar-refractivity contribution is 7.99. The SMILES string of the molecule is CCN(CCSC1CCNCC1)Cc1ccco1. The summed E-state index contributed by atoms with van der Waals surface area (Å²) in [5, 5.41) is 4.29. The zero-order valence-corrected chi connectivity index (χ0v) is 12.0. The molecule has 1 aliphatic rings. The fourth-order valence-corrected chi connectivity index (χ4v) is 3.55. The maximum absolute atomic E-state index is 5.41. The van der Waals surface area contributed by atoms with E-state index in [4.69, 9.17) is 4.42 Å². The number of furan rings is 1. The third kappa shape index (κ3) is 4.67. The first-order valence-corrected chi connectivity index (χ1v) is 8.00. The average molecular weight is 268 g/mol. The third-order valence-corrected chi connectivity index (χ3v) is 4.82. The van der Waals surface area contributed by atoms with Crippen molar-refractivity contribution in [2.45, 2.75) is 31.6 Å². The van der Waals surface area contributed by atoms with Crippen molar-refractivity contribution >= 4 is 11.8 Å². The summed E-state index contributed by atoms with van der Waals surface area (Å²) in [5.41, 5.74) is 0. The van der Waals surface area contributed by atoms with Crippen LogP contribution in [0.1, 0.15) is 25.5 Å². The van der Waals surface area contributed by atoms with Crippen molar-refractivity contribution in [2.75, 3.05) is 31.9 Å². The minimum atomic E-state index is 0.869. The zero-order valence-electron chi connectivity index (χ0n) is 11.2. The summed E-state index contributed by atoms with van der Waals surface area (Å²) in [4.78, 5) is 2.45. The fraction of sp³-hybridized carbons (Fsp3) is 0.714. The molecule has 2 heterocycles. The summed E-state index contributed by atoms with van der Waals surface area (Å²) < 4.78 is 5.41. The van der Waals surface area contributed by atoms with E-state index in [1.807, 2.05) is 6.07 Å². The van der Waals surface area contributed by atoms with Crippen LogP contribution in [0.25, 0.3) is 0 Å². The van der Waals surface area contributed by atoms with E-state index in [2.05, 4.69) is 35.0 Å². The van der Waals surface area contributed by atoms with Crippen LogP contribution >= 0.6 is 11.8 Å². The lowest BCUT2D eigenvalue weighted by molar-refractivity contribution is 0.271. The molecule has 1 fully saturated rings. The first-order valence-electron chi connectivity index (χ1n) is 6.95. The van der Waals surface area contributed by atoms with E-state index in [9.17, 15) is 0 Å². The zero-order chi connectivity index (χ0) is 12.6. The van der Waals surface area contributed by atoms with Gasteiger partial charge in [-0.3, -0.25) is 4.90 Å². The molecule has 0 saturated carbocycles. The highest BCUT2D eigenvalue weighted by Gasteiger charge is 2.13. The summed E-state index contributed by atoms with van der Waals surface area (Å²) in [6, 6.07) is 4.02. The van der Waals surface area contributed by atoms with Crippen LogP contribution in [0, 0.1) is 0 Å². The molecule has 3 nitrogen and oxygen atoms in total. The van der Waals surface area contributed by atoms with Gasteiger partial charge in [0.2, 0.25) is 0 Å². The predicted molar refractivity (Wildman–Crippen MR) is 78.0 cm³/mol. The lowest BCUT2D eigenvalue weighted by atomic mass is 10.2. The van der Waals surface area contributed by atoms with Gasteiger partial charge in [-0.25, -0.2) is 0 Å². The van der Waals surface area contributed by atoms with E-state index in [-0.39, 0.29) is 0 Å². The molecular weight excluding hydrogens is 244 g/mol. The quantitative estimate of drug-likeness (QED) is 0.823. The molecule has 1 aromatic rings. The van der Waals surface area contributed by atoms with E-state index >= 15 is 0 Å². The Morgan fingerprint density at radius 1 is 1.44 bits per heavy atom. The van der Waals surface area contributed by atoms with E-state index in [0.29, 0.717) is 0 Å². The monoisotopic (exact) mass is 268 g/mol. The molecule has 0 aliphatic carbocycles. The second-order valence-electron chi connectivity index (χ2n) is 4.77. The highest BCUT2D eigenvalue weighted by atomic mass is 32.2. The maximum atomic E-state index is 5.41. The number of piperidine rings is 1. The Bertz CT molecular complexity index is 310. The van der Waals surface area contributed by atoms with Crippen molar-refractivity contribution in [3.63, 3.8) is 0 Å². The summed E-state index contributed by atoms with van der Waals surface area (Å²) in [6.45, 7) is 7.80. The van der Waals surface area contributed by atoms with Gasteiger partial charge in [-0.15, -0.1) is 0 Å². The molecule has 0 atom stereocenters. The molecule has 1 aromatic heterocycles.